The van der Waals surface area contributed by atoms with Crippen molar-refractivity contribution < 1.29 is 4.79 Å². The Labute approximate surface area is 78.8 Å². The number of hydrogen-bond donors (Lipinski definition) is 0. The van der Waals surface area contributed by atoms with Gasteiger partial charge in [0.1, 0.15) is 0 Å². The van der Waals surface area contributed by atoms with Crippen LogP contribution in [0, 0.1) is 6.92 Å². The van der Waals surface area contributed by atoms with Gasteiger partial charge in [-0.1, -0.05) is 0 Å². The number of thiazole rings is 1. The van der Waals surface area contributed by atoms with E-state index in [4.69, 9.17) is 0 Å². The molecule has 0 bridgehead atoms. The molecule has 4 heteroatoms. The number of hydrogen-bond acceptors (Lipinski definition) is 4. The van der Waals surface area contributed by atoms with Crippen LogP contribution in [0.4, 0.5) is 5.69 Å². The summed E-state index contributed by atoms with van der Waals surface area (Å²) in [6.07, 6.45) is 1.51. The van der Waals surface area contributed by atoms with Gasteiger partial charge in [0.15, 0.2) is 0 Å². The predicted molar refractivity (Wildman–Crippen MR) is 52.1 cm³/mol. The normalized spacial score (nSPS) is 9.92. The van der Waals surface area contributed by atoms with Gasteiger partial charge in [-0.2, -0.15) is 4.99 Å². The lowest BCUT2D eigenvalue weighted by molar-refractivity contribution is 0.565. The average Bonchev–Trinajstić information content (AvgIpc) is 2.44. The van der Waals surface area contributed by atoms with Gasteiger partial charge in [-0.3, -0.25) is 0 Å². The van der Waals surface area contributed by atoms with E-state index in [-0.39, 0.29) is 0 Å². The molecule has 2 aromatic rings. The van der Waals surface area contributed by atoms with E-state index in [1.165, 1.54) is 6.08 Å². The first kappa shape index (κ1) is 8.10. The lowest BCUT2D eigenvalue weighted by Crippen LogP contribution is -1.67. The van der Waals surface area contributed by atoms with E-state index < -0.39 is 0 Å². The minimum Gasteiger partial charge on any atom is -0.242 e. The summed E-state index contributed by atoms with van der Waals surface area (Å²) in [4.78, 5) is 17.8. The number of aromatic nitrogens is 1. The van der Waals surface area contributed by atoms with E-state index in [0.29, 0.717) is 5.69 Å². The number of aliphatic imine (C=N–C) groups is 1. The Morgan fingerprint density at radius 2 is 2.38 bits per heavy atom. The Bertz CT molecular complexity index is 497. The Morgan fingerprint density at radius 1 is 1.54 bits per heavy atom. The molecule has 0 saturated carbocycles. The summed E-state index contributed by atoms with van der Waals surface area (Å²) < 4.78 is 1.05. The van der Waals surface area contributed by atoms with Crippen molar-refractivity contribution in [3.63, 3.8) is 0 Å². The van der Waals surface area contributed by atoms with Gasteiger partial charge in [0.2, 0.25) is 6.08 Å². The highest BCUT2D eigenvalue weighted by Crippen LogP contribution is 2.25. The van der Waals surface area contributed by atoms with Gasteiger partial charge >= 0.3 is 0 Å². The van der Waals surface area contributed by atoms with Crippen LogP contribution in [0.25, 0.3) is 10.2 Å². The van der Waals surface area contributed by atoms with Crippen molar-refractivity contribution in [3.8, 4) is 0 Å². The van der Waals surface area contributed by atoms with Crippen LogP contribution < -0.4 is 0 Å². The molecule has 0 aliphatic carbocycles. The molecule has 1 heterocycles. The quantitative estimate of drug-likeness (QED) is 0.512. The molecular formula is C9H6N2OS. The molecule has 13 heavy (non-hydrogen) atoms. The lowest BCUT2D eigenvalue weighted by atomic mass is 10.3. The Balaban J connectivity index is 2.67. The van der Waals surface area contributed by atoms with Crippen LogP contribution in [0.3, 0.4) is 0 Å². The fourth-order valence-corrected chi connectivity index (χ4v) is 2.01. The van der Waals surface area contributed by atoms with Gasteiger partial charge in [-0.05, 0) is 25.1 Å². The highest BCUT2D eigenvalue weighted by Gasteiger charge is 2.00. The molecule has 0 atom stereocenters. The summed E-state index contributed by atoms with van der Waals surface area (Å²) in [5, 5.41) is 1.02. The smallest absolute Gasteiger partial charge is 0.240 e. The van der Waals surface area contributed by atoms with Crippen molar-refractivity contribution in [1.29, 1.82) is 0 Å². The topological polar surface area (TPSA) is 42.3 Å². The fraction of sp³-hybridized carbons (Fsp3) is 0.111. The second-order valence-electron chi connectivity index (χ2n) is 2.59. The van der Waals surface area contributed by atoms with Crippen LogP contribution in [0.15, 0.2) is 23.2 Å². The maximum Gasteiger partial charge on any atom is 0.240 e. The third kappa shape index (κ3) is 1.49. The first-order chi connectivity index (χ1) is 6.29. The van der Waals surface area contributed by atoms with E-state index in [1.54, 1.807) is 17.4 Å². The summed E-state index contributed by atoms with van der Waals surface area (Å²) in [6, 6.07) is 5.45. The van der Waals surface area contributed by atoms with Crippen LogP contribution in [0.5, 0.6) is 0 Å². The number of carbonyl (C=O) groups excluding carboxylic acids is 1. The number of rotatable bonds is 1. The summed E-state index contributed by atoms with van der Waals surface area (Å²) in [5.41, 5.74) is 1.58. The van der Waals surface area contributed by atoms with E-state index in [2.05, 4.69) is 9.98 Å². The second kappa shape index (κ2) is 3.09. The van der Waals surface area contributed by atoms with Crippen LogP contribution in [-0.4, -0.2) is 11.1 Å². The number of fused-ring (bicyclic) bond motifs is 1. The molecule has 0 unspecified atom stereocenters. The number of nitrogens with zero attached hydrogens (tertiary/aromatic N) is 2. The van der Waals surface area contributed by atoms with Gasteiger partial charge in [0, 0.05) is 0 Å². The monoisotopic (exact) mass is 190 g/mol. The Morgan fingerprint density at radius 3 is 3.15 bits per heavy atom. The molecule has 3 nitrogen and oxygen atoms in total. The van der Waals surface area contributed by atoms with Crippen molar-refractivity contribution in [2.45, 2.75) is 6.92 Å². The van der Waals surface area contributed by atoms with Crippen LogP contribution in [0.1, 0.15) is 5.01 Å². The molecule has 1 aromatic heterocycles. The molecule has 0 amide bonds. The van der Waals surface area contributed by atoms with Crippen molar-refractivity contribution in [1.82, 2.24) is 4.98 Å². The van der Waals surface area contributed by atoms with Gasteiger partial charge in [0.05, 0.1) is 20.9 Å². The van der Waals surface area contributed by atoms with Crippen LogP contribution in [-0.2, 0) is 4.79 Å². The second-order valence-corrected chi connectivity index (χ2v) is 3.82. The van der Waals surface area contributed by atoms with Crippen molar-refractivity contribution in [2.75, 3.05) is 0 Å². The van der Waals surface area contributed by atoms with E-state index in [9.17, 15) is 4.79 Å². The maximum absolute atomic E-state index is 10.0. The maximum atomic E-state index is 10.0. The highest BCUT2D eigenvalue weighted by atomic mass is 32.1. The van der Waals surface area contributed by atoms with Crippen LogP contribution in [0.2, 0.25) is 0 Å². The Hall–Kier alpha value is -1.51. The van der Waals surface area contributed by atoms with E-state index in [1.807, 2.05) is 19.1 Å². The van der Waals surface area contributed by atoms with E-state index >= 15 is 0 Å². The van der Waals surface area contributed by atoms with E-state index in [0.717, 1.165) is 15.2 Å². The number of aryl methyl sites for hydroxylation is 1. The van der Waals surface area contributed by atoms with Crippen molar-refractivity contribution in [2.24, 2.45) is 4.99 Å². The van der Waals surface area contributed by atoms with Crippen molar-refractivity contribution >= 4 is 33.3 Å². The highest BCUT2D eigenvalue weighted by molar-refractivity contribution is 7.18. The molecule has 0 N–H and O–H groups in total. The molecule has 1 aromatic carbocycles. The van der Waals surface area contributed by atoms with Crippen molar-refractivity contribution in [3.05, 3.63) is 23.2 Å². The molecule has 0 aliphatic rings. The zero-order valence-corrected chi connectivity index (χ0v) is 7.76. The molecule has 64 valence electrons. The van der Waals surface area contributed by atoms with Crippen LogP contribution >= 0.6 is 11.3 Å². The van der Waals surface area contributed by atoms with Gasteiger partial charge in [0.25, 0.3) is 0 Å². The standard InChI is InChI=1S/C9H6N2OS/c1-6-11-8-3-2-7(10-5-12)4-9(8)13-6/h2-4H,1H3. The molecule has 0 fully saturated rings. The average molecular weight is 190 g/mol. The minimum absolute atomic E-state index is 0.631. The largest absolute Gasteiger partial charge is 0.242 e. The molecule has 2 rings (SSSR count). The third-order valence-electron chi connectivity index (χ3n) is 1.65. The third-order valence-corrected chi connectivity index (χ3v) is 2.59. The molecular weight excluding hydrogens is 184 g/mol. The summed E-state index contributed by atoms with van der Waals surface area (Å²) >= 11 is 1.59. The first-order valence-electron chi connectivity index (χ1n) is 3.74. The van der Waals surface area contributed by atoms with Gasteiger partial charge < -0.3 is 0 Å². The SMILES string of the molecule is Cc1nc2ccc(N=C=O)cc2s1. The summed E-state index contributed by atoms with van der Waals surface area (Å²) in [6.45, 7) is 1.95. The Kier molecular flexibility index (Phi) is 1.93. The fourth-order valence-electron chi connectivity index (χ4n) is 1.15. The lowest BCUT2D eigenvalue weighted by Gasteiger charge is -1.88. The molecule has 0 aliphatic heterocycles. The molecule has 0 saturated heterocycles. The molecule has 0 radical (unpaired) electrons. The number of benzene rings is 1. The summed E-state index contributed by atoms with van der Waals surface area (Å²) in [5.74, 6) is 0. The molecule has 0 spiro atoms. The first-order valence-corrected chi connectivity index (χ1v) is 4.56. The summed E-state index contributed by atoms with van der Waals surface area (Å²) in [7, 11) is 0. The zero-order chi connectivity index (χ0) is 9.26. The van der Waals surface area contributed by atoms with Gasteiger partial charge in [-0.15, -0.1) is 11.3 Å². The van der Waals surface area contributed by atoms with Gasteiger partial charge in [-0.25, -0.2) is 9.78 Å². The predicted octanol–water partition coefficient (Wildman–Crippen LogP) is 2.57. The minimum atomic E-state index is 0.631. The number of isocyanates is 1. The zero-order valence-electron chi connectivity index (χ0n) is 6.94.